The van der Waals surface area contributed by atoms with Crippen LogP contribution in [0.15, 0.2) is 48.5 Å². The topological polar surface area (TPSA) is 99.1 Å². The van der Waals surface area contributed by atoms with Crippen molar-refractivity contribution in [2.75, 3.05) is 11.1 Å². The zero-order chi connectivity index (χ0) is 28.9. The molecule has 0 atom stereocenters. The number of nitrogens with two attached hydrogens (primary N) is 2. The number of aromatic nitrogens is 2. The van der Waals surface area contributed by atoms with Gasteiger partial charge in [-0.15, -0.1) is 13.2 Å². The third-order valence-electron chi connectivity index (χ3n) is 6.54. The third-order valence-corrected chi connectivity index (χ3v) is 6.54. The Bertz CT molecular complexity index is 1390. The molecule has 0 radical (unpaired) electrons. The quantitative estimate of drug-likeness (QED) is 0.250. The number of anilines is 2. The first-order valence-corrected chi connectivity index (χ1v) is 12.6. The first-order valence-electron chi connectivity index (χ1n) is 12.6. The van der Waals surface area contributed by atoms with Crippen LogP contribution in [0.25, 0.3) is 0 Å². The predicted octanol–water partition coefficient (Wildman–Crippen LogP) is 6.05. The summed E-state index contributed by atoms with van der Waals surface area (Å²) in [5.41, 5.74) is 12.6. The Kier molecular flexibility index (Phi) is 8.73. The molecule has 1 aromatic heterocycles. The molecule has 1 heterocycles. The fourth-order valence-corrected chi connectivity index (χ4v) is 4.51. The van der Waals surface area contributed by atoms with Crippen LogP contribution in [0.3, 0.4) is 0 Å². The summed E-state index contributed by atoms with van der Waals surface area (Å²) >= 11 is 0. The van der Waals surface area contributed by atoms with E-state index < -0.39 is 18.1 Å². The fourth-order valence-electron chi connectivity index (χ4n) is 4.51. The molecule has 212 valence electrons. The van der Waals surface area contributed by atoms with Gasteiger partial charge in [0.1, 0.15) is 11.6 Å². The summed E-state index contributed by atoms with van der Waals surface area (Å²) in [6.07, 6.45) is -5.48. The summed E-state index contributed by atoms with van der Waals surface area (Å²) in [6.45, 7) is -0.0846. The van der Waals surface area contributed by atoms with E-state index in [1.54, 1.807) is 6.07 Å². The monoisotopic (exact) mass is 563 g/mol. The zero-order valence-electron chi connectivity index (χ0n) is 21.2. The van der Waals surface area contributed by atoms with E-state index >= 15 is 0 Å². The van der Waals surface area contributed by atoms with Gasteiger partial charge in [0.25, 0.3) is 0 Å². The van der Waals surface area contributed by atoms with Gasteiger partial charge in [0.05, 0.1) is 16.8 Å². The third kappa shape index (κ3) is 8.02. The van der Waals surface area contributed by atoms with Crippen molar-refractivity contribution in [3.8, 4) is 17.6 Å². The molecule has 40 heavy (non-hydrogen) atoms. The van der Waals surface area contributed by atoms with Crippen LogP contribution in [0.2, 0.25) is 0 Å². The molecule has 0 spiro atoms. The molecule has 2 aromatic carbocycles. The lowest BCUT2D eigenvalue weighted by Gasteiger charge is -2.26. The number of benzene rings is 2. The minimum absolute atomic E-state index is 0.000636. The molecule has 3 aromatic rings. The second-order valence-electron chi connectivity index (χ2n) is 9.58. The van der Waals surface area contributed by atoms with Crippen molar-refractivity contribution in [2.24, 2.45) is 11.7 Å². The maximum atomic E-state index is 13.1. The van der Waals surface area contributed by atoms with Gasteiger partial charge in [-0.1, -0.05) is 36.1 Å². The SMILES string of the molecule is Nc1nc(NCc2ccccc2OC(F)(F)F)nc(C[C@H]2CC[C@H](N)CC2)c1C#Cc1cccc(C(F)(F)F)c1. The Balaban J connectivity index is 1.63. The van der Waals surface area contributed by atoms with Crippen molar-refractivity contribution in [3.05, 3.63) is 76.5 Å². The number of hydrogen-bond donors (Lipinski definition) is 3. The van der Waals surface area contributed by atoms with Gasteiger partial charge in [0.15, 0.2) is 0 Å². The number of alkyl halides is 6. The molecule has 1 fully saturated rings. The van der Waals surface area contributed by atoms with Crippen LogP contribution in [0.4, 0.5) is 38.1 Å². The summed E-state index contributed by atoms with van der Waals surface area (Å²) in [5, 5.41) is 2.89. The molecule has 1 aliphatic carbocycles. The Morgan fingerprint density at radius 1 is 0.925 bits per heavy atom. The lowest BCUT2D eigenvalue weighted by atomic mass is 9.83. The van der Waals surface area contributed by atoms with Crippen molar-refractivity contribution in [3.63, 3.8) is 0 Å². The minimum atomic E-state index is -4.85. The highest BCUT2D eigenvalue weighted by molar-refractivity contribution is 5.58. The summed E-state index contributed by atoms with van der Waals surface area (Å²) in [4.78, 5) is 8.77. The average molecular weight is 564 g/mol. The molecule has 0 amide bonds. The van der Waals surface area contributed by atoms with Crippen molar-refractivity contribution in [1.82, 2.24) is 9.97 Å². The number of nitrogen functional groups attached to an aromatic ring is 1. The van der Waals surface area contributed by atoms with Gasteiger partial charge in [-0.05, 0) is 62.3 Å². The largest absolute Gasteiger partial charge is 0.573 e. The smallest absolute Gasteiger partial charge is 0.405 e. The van der Waals surface area contributed by atoms with E-state index in [4.69, 9.17) is 11.5 Å². The number of ether oxygens (including phenoxy) is 1. The molecular formula is C28H27F6N5O. The van der Waals surface area contributed by atoms with E-state index in [9.17, 15) is 26.3 Å². The number of hydrogen-bond acceptors (Lipinski definition) is 6. The van der Waals surface area contributed by atoms with Gasteiger partial charge < -0.3 is 21.5 Å². The Morgan fingerprint density at radius 3 is 2.35 bits per heavy atom. The molecule has 4 rings (SSSR count). The van der Waals surface area contributed by atoms with Crippen LogP contribution in [0, 0.1) is 17.8 Å². The van der Waals surface area contributed by atoms with Gasteiger partial charge in [0, 0.05) is 23.7 Å². The Hall–Kier alpha value is -3.98. The number of rotatable bonds is 6. The van der Waals surface area contributed by atoms with Crippen LogP contribution in [-0.4, -0.2) is 22.4 Å². The summed E-state index contributed by atoms with van der Waals surface area (Å²) in [5.74, 6) is 5.52. The van der Waals surface area contributed by atoms with Crippen molar-refractivity contribution in [2.45, 2.75) is 57.2 Å². The molecule has 5 N–H and O–H groups in total. The number of nitrogens with one attached hydrogen (secondary N) is 1. The lowest BCUT2D eigenvalue weighted by Crippen LogP contribution is -2.27. The molecule has 12 heteroatoms. The molecule has 1 aliphatic rings. The standard InChI is InChI=1S/C28H27F6N5O/c29-27(30,31)20-6-3-4-17(14-20)10-13-22-23(15-18-8-11-21(35)12-9-18)38-26(39-25(22)36)37-16-19-5-1-2-7-24(19)40-28(32,33)34/h1-7,14,18,21H,8-9,11-12,15-16,35H2,(H3,36,37,38,39)/t18-,21-. The van der Waals surface area contributed by atoms with E-state index in [0.29, 0.717) is 17.7 Å². The van der Waals surface area contributed by atoms with Crippen molar-refractivity contribution < 1.29 is 31.1 Å². The molecule has 1 saturated carbocycles. The van der Waals surface area contributed by atoms with Crippen LogP contribution < -0.4 is 21.5 Å². The van der Waals surface area contributed by atoms with Gasteiger partial charge in [-0.25, -0.2) is 4.98 Å². The maximum Gasteiger partial charge on any atom is 0.573 e. The van der Waals surface area contributed by atoms with Crippen molar-refractivity contribution in [1.29, 1.82) is 0 Å². The number of para-hydroxylation sites is 1. The van der Waals surface area contributed by atoms with Crippen LogP contribution in [0.1, 0.15) is 53.6 Å². The zero-order valence-corrected chi connectivity index (χ0v) is 21.2. The summed E-state index contributed by atoms with van der Waals surface area (Å²) in [7, 11) is 0. The highest BCUT2D eigenvalue weighted by atomic mass is 19.4. The second kappa shape index (κ2) is 12.0. The van der Waals surface area contributed by atoms with E-state index in [2.05, 4.69) is 31.9 Å². The highest BCUT2D eigenvalue weighted by Crippen LogP contribution is 2.31. The van der Waals surface area contributed by atoms with E-state index in [1.165, 1.54) is 30.3 Å². The van der Waals surface area contributed by atoms with Crippen LogP contribution in [-0.2, 0) is 19.1 Å². The van der Waals surface area contributed by atoms with Crippen LogP contribution >= 0.6 is 0 Å². The Morgan fingerprint density at radius 2 is 1.65 bits per heavy atom. The number of nitrogens with zero attached hydrogens (tertiary/aromatic N) is 2. The average Bonchev–Trinajstić information content (AvgIpc) is 2.88. The van der Waals surface area contributed by atoms with E-state index in [1.807, 2.05) is 0 Å². The summed E-state index contributed by atoms with van der Waals surface area (Å²) < 4.78 is 81.9. The minimum Gasteiger partial charge on any atom is -0.405 e. The normalized spacial score (nSPS) is 17.6. The Labute approximate surface area is 227 Å². The van der Waals surface area contributed by atoms with Gasteiger partial charge in [0.2, 0.25) is 5.95 Å². The van der Waals surface area contributed by atoms with E-state index in [0.717, 1.165) is 37.8 Å². The van der Waals surface area contributed by atoms with E-state index in [-0.39, 0.29) is 47.1 Å². The molecule has 6 nitrogen and oxygen atoms in total. The molecule has 0 aliphatic heterocycles. The second-order valence-corrected chi connectivity index (χ2v) is 9.58. The fraction of sp³-hybridized carbons (Fsp3) is 0.357. The number of halogens is 6. The van der Waals surface area contributed by atoms with Gasteiger partial charge >= 0.3 is 12.5 Å². The highest BCUT2D eigenvalue weighted by Gasteiger charge is 2.32. The molecule has 0 bridgehead atoms. The molecular weight excluding hydrogens is 536 g/mol. The predicted molar refractivity (Wildman–Crippen MR) is 138 cm³/mol. The van der Waals surface area contributed by atoms with Gasteiger partial charge in [-0.2, -0.15) is 18.2 Å². The summed E-state index contributed by atoms with van der Waals surface area (Å²) in [6, 6.07) is 10.4. The first kappa shape index (κ1) is 29.0. The molecule has 0 unspecified atom stereocenters. The maximum absolute atomic E-state index is 13.1. The first-order chi connectivity index (χ1) is 18.9. The van der Waals surface area contributed by atoms with Crippen LogP contribution in [0.5, 0.6) is 5.75 Å². The van der Waals surface area contributed by atoms with Crippen molar-refractivity contribution >= 4 is 11.8 Å². The lowest BCUT2D eigenvalue weighted by molar-refractivity contribution is -0.274. The van der Waals surface area contributed by atoms with Gasteiger partial charge in [-0.3, -0.25) is 0 Å². The molecule has 0 saturated heterocycles.